The highest BCUT2D eigenvalue weighted by Crippen LogP contribution is 2.26. The summed E-state index contributed by atoms with van der Waals surface area (Å²) in [5, 5.41) is 10.3. The fourth-order valence-corrected chi connectivity index (χ4v) is 3.96. The van der Waals surface area contributed by atoms with Crippen LogP contribution >= 0.6 is 11.3 Å². The van der Waals surface area contributed by atoms with Gasteiger partial charge in [0, 0.05) is 42.4 Å². The Morgan fingerprint density at radius 1 is 1.36 bits per heavy atom. The van der Waals surface area contributed by atoms with Crippen molar-refractivity contribution in [1.82, 2.24) is 20.1 Å². The number of fused-ring (bicyclic) bond motifs is 1. The van der Waals surface area contributed by atoms with Crippen molar-refractivity contribution in [2.24, 2.45) is 0 Å². The molecule has 0 radical (unpaired) electrons. The number of benzene rings is 1. The number of aromatic nitrogens is 3. The number of hydrogen-bond acceptors (Lipinski definition) is 6. The number of thiazole rings is 1. The Morgan fingerprint density at radius 2 is 2.18 bits per heavy atom. The molecule has 0 bridgehead atoms. The minimum absolute atomic E-state index is 0.171. The van der Waals surface area contributed by atoms with Crippen LogP contribution < -0.4 is 14.8 Å². The minimum atomic E-state index is -0.171. The lowest BCUT2D eigenvalue weighted by Crippen LogP contribution is -2.26. The zero-order chi connectivity index (χ0) is 19.5. The van der Waals surface area contributed by atoms with Crippen LogP contribution in [0.3, 0.4) is 0 Å². The largest absolute Gasteiger partial charge is 0.497 e. The zero-order valence-electron chi connectivity index (χ0n) is 15.9. The van der Waals surface area contributed by atoms with Gasteiger partial charge in [0.2, 0.25) is 5.88 Å². The van der Waals surface area contributed by atoms with Crippen LogP contribution in [0, 0.1) is 6.92 Å². The van der Waals surface area contributed by atoms with E-state index in [9.17, 15) is 4.79 Å². The van der Waals surface area contributed by atoms with Gasteiger partial charge in [0.15, 0.2) is 5.69 Å². The van der Waals surface area contributed by atoms with Crippen molar-refractivity contribution < 1.29 is 14.3 Å². The molecule has 3 aromatic rings. The van der Waals surface area contributed by atoms with Crippen LogP contribution in [0.25, 0.3) is 11.3 Å². The molecule has 1 N–H and O–H groups in total. The minimum Gasteiger partial charge on any atom is -0.497 e. The molecule has 0 fully saturated rings. The molecule has 1 aliphatic heterocycles. The zero-order valence-corrected chi connectivity index (χ0v) is 16.7. The van der Waals surface area contributed by atoms with Gasteiger partial charge in [-0.15, -0.1) is 11.3 Å². The average Bonchev–Trinajstić information content (AvgIpc) is 3.33. The van der Waals surface area contributed by atoms with E-state index in [1.807, 2.05) is 36.6 Å². The second-order valence-corrected chi connectivity index (χ2v) is 7.51. The second kappa shape index (κ2) is 8.02. The van der Waals surface area contributed by atoms with Gasteiger partial charge in [-0.3, -0.25) is 4.79 Å². The predicted octanol–water partition coefficient (Wildman–Crippen LogP) is 3.08. The van der Waals surface area contributed by atoms with Crippen LogP contribution in [0.4, 0.5) is 0 Å². The maximum atomic E-state index is 12.5. The van der Waals surface area contributed by atoms with E-state index < -0.39 is 0 Å². The second-order valence-electron chi connectivity index (χ2n) is 6.56. The molecular formula is C20H22N4O3S. The highest BCUT2D eigenvalue weighted by Gasteiger charge is 2.23. The Bertz CT molecular complexity index is 978. The molecule has 7 nitrogen and oxygen atoms in total. The van der Waals surface area contributed by atoms with E-state index in [1.165, 1.54) is 0 Å². The molecule has 8 heteroatoms. The van der Waals surface area contributed by atoms with Crippen molar-refractivity contribution in [3.8, 4) is 22.9 Å². The Kier molecular flexibility index (Phi) is 5.29. The number of rotatable bonds is 6. The number of methoxy groups -OCH3 is 1. The van der Waals surface area contributed by atoms with Gasteiger partial charge in [0.1, 0.15) is 5.75 Å². The Morgan fingerprint density at radius 3 is 2.93 bits per heavy atom. The molecule has 0 atom stereocenters. The highest BCUT2D eigenvalue weighted by atomic mass is 32.1. The lowest BCUT2D eigenvalue weighted by molar-refractivity contribution is 0.0947. The SMILES string of the molecule is COc1ccc(-c2csc(CCNC(=O)c3nn4c(c3C)OCCC4)n2)cc1. The van der Waals surface area contributed by atoms with Crippen molar-refractivity contribution in [3.05, 3.63) is 45.9 Å². The van der Waals surface area contributed by atoms with E-state index in [2.05, 4.69) is 15.4 Å². The first-order chi connectivity index (χ1) is 13.7. The molecule has 1 amide bonds. The molecule has 3 heterocycles. The summed E-state index contributed by atoms with van der Waals surface area (Å²) in [6, 6.07) is 7.83. The van der Waals surface area contributed by atoms with E-state index in [0.29, 0.717) is 31.1 Å². The summed E-state index contributed by atoms with van der Waals surface area (Å²) in [4.78, 5) is 17.2. The number of nitrogens with one attached hydrogen (secondary N) is 1. The van der Waals surface area contributed by atoms with E-state index in [4.69, 9.17) is 9.47 Å². The molecule has 28 heavy (non-hydrogen) atoms. The molecule has 1 aliphatic rings. The van der Waals surface area contributed by atoms with Crippen LogP contribution in [0.1, 0.15) is 27.5 Å². The highest BCUT2D eigenvalue weighted by molar-refractivity contribution is 7.09. The Labute approximate surface area is 167 Å². The molecule has 1 aromatic carbocycles. The summed E-state index contributed by atoms with van der Waals surface area (Å²) >= 11 is 1.59. The molecule has 4 rings (SSSR count). The smallest absolute Gasteiger partial charge is 0.272 e. The third kappa shape index (κ3) is 3.73. The van der Waals surface area contributed by atoms with Gasteiger partial charge in [0.25, 0.3) is 5.91 Å². The topological polar surface area (TPSA) is 78.3 Å². The van der Waals surface area contributed by atoms with Gasteiger partial charge in [-0.25, -0.2) is 9.67 Å². The van der Waals surface area contributed by atoms with Gasteiger partial charge >= 0.3 is 0 Å². The summed E-state index contributed by atoms with van der Waals surface area (Å²) in [5.41, 5.74) is 3.22. The fourth-order valence-electron chi connectivity index (χ4n) is 3.16. The molecular weight excluding hydrogens is 376 g/mol. The van der Waals surface area contributed by atoms with Gasteiger partial charge in [-0.1, -0.05) is 0 Å². The summed E-state index contributed by atoms with van der Waals surface area (Å²) in [6.07, 6.45) is 1.59. The summed E-state index contributed by atoms with van der Waals surface area (Å²) in [5.74, 6) is 1.36. The monoisotopic (exact) mass is 398 g/mol. The van der Waals surface area contributed by atoms with Crippen molar-refractivity contribution in [1.29, 1.82) is 0 Å². The van der Waals surface area contributed by atoms with Gasteiger partial charge < -0.3 is 14.8 Å². The van der Waals surface area contributed by atoms with E-state index >= 15 is 0 Å². The maximum Gasteiger partial charge on any atom is 0.272 e. The third-order valence-corrected chi connectivity index (χ3v) is 5.57. The summed E-state index contributed by atoms with van der Waals surface area (Å²) < 4.78 is 12.6. The predicted molar refractivity (Wildman–Crippen MR) is 107 cm³/mol. The first-order valence-electron chi connectivity index (χ1n) is 9.23. The Balaban J connectivity index is 1.35. The molecule has 146 valence electrons. The summed E-state index contributed by atoms with van der Waals surface area (Å²) in [6.45, 7) is 3.85. The lowest BCUT2D eigenvalue weighted by Gasteiger charge is -2.14. The van der Waals surface area contributed by atoms with Crippen LogP contribution in [0.5, 0.6) is 11.6 Å². The van der Waals surface area contributed by atoms with E-state index in [0.717, 1.165) is 40.5 Å². The van der Waals surface area contributed by atoms with Crippen LogP contribution in [-0.4, -0.2) is 40.9 Å². The molecule has 0 saturated carbocycles. The van der Waals surface area contributed by atoms with Gasteiger partial charge in [-0.05, 0) is 31.2 Å². The van der Waals surface area contributed by atoms with E-state index in [-0.39, 0.29) is 5.91 Å². The first-order valence-corrected chi connectivity index (χ1v) is 10.1. The normalized spacial score (nSPS) is 12.9. The molecule has 0 saturated heterocycles. The van der Waals surface area contributed by atoms with Gasteiger partial charge in [-0.2, -0.15) is 5.10 Å². The first kappa shape index (κ1) is 18.5. The van der Waals surface area contributed by atoms with Crippen LogP contribution in [-0.2, 0) is 13.0 Å². The number of ether oxygens (including phenoxy) is 2. The van der Waals surface area contributed by atoms with Crippen LogP contribution in [0.15, 0.2) is 29.6 Å². The number of carbonyl (C=O) groups excluding carboxylic acids is 1. The number of nitrogens with zero attached hydrogens (tertiary/aromatic N) is 3. The molecule has 0 unspecified atom stereocenters. The number of amides is 1. The molecule has 2 aromatic heterocycles. The quantitative estimate of drug-likeness (QED) is 0.690. The lowest BCUT2D eigenvalue weighted by atomic mass is 10.2. The Hall–Kier alpha value is -2.87. The number of carbonyl (C=O) groups is 1. The standard InChI is InChI=1S/C20H22N4O3S/c1-13-18(23-24-10-3-11-27-20(13)24)19(25)21-9-8-17-22-16(12-28-17)14-4-6-15(26-2)7-5-14/h4-7,12H,3,8-11H2,1-2H3,(H,21,25). The van der Waals surface area contributed by atoms with Crippen LogP contribution in [0.2, 0.25) is 0 Å². The average molecular weight is 398 g/mol. The fraction of sp³-hybridized carbons (Fsp3) is 0.350. The summed E-state index contributed by atoms with van der Waals surface area (Å²) in [7, 11) is 1.65. The van der Waals surface area contributed by atoms with Gasteiger partial charge in [0.05, 0.1) is 24.4 Å². The molecule has 0 aliphatic carbocycles. The van der Waals surface area contributed by atoms with Crippen molar-refractivity contribution in [3.63, 3.8) is 0 Å². The van der Waals surface area contributed by atoms with Crippen molar-refractivity contribution in [2.75, 3.05) is 20.3 Å². The van der Waals surface area contributed by atoms with E-state index in [1.54, 1.807) is 23.1 Å². The number of aryl methyl sites for hydroxylation is 1. The molecule has 0 spiro atoms. The maximum absolute atomic E-state index is 12.5. The van der Waals surface area contributed by atoms with Crippen molar-refractivity contribution in [2.45, 2.75) is 26.3 Å². The van der Waals surface area contributed by atoms with Crippen molar-refractivity contribution >= 4 is 17.2 Å². The third-order valence-electron chi connectivity index (χ3n) is 4.66. The number of hydrogen-bond donors (Lipinski definition) is 1.